The predicted molar refractivity (Wildman–Crippen MR) is 87.5 cm³/mol. The van der Waals surface area contributed by atoms with Crippen LogP contribution in [0.15, 0.2) is 34.9 Å². The van der Waals surface area contributed by atoms with Gasteiger partial charge in [0.1, 0.15) is 5.69 Å². The molecule has 1 heterocycles. The zero-order chi connectivity index (χ0) is 14.7. The molecule has 0 saturated heterocycles. The molecular weight excluding hydrogens is 328 g/mol. The number of nitrogens with zero attached hydrogens (tertiary/aromatic N) is 2. The minimum absolute atomic E-state index is 0.433. The molecule has 0 aliphatic heterocycles. The van der Waals surface area contributed by atoms with Crippen molar-refractivity contribution in [2.24, 2.45) is 0 Å². The molecule has 4 heteroatoms. The number of aromatic nitrogens is 2. The number of hydrogen-bond acceptors (Lipinski definition) is 2. The van der Waals surface area contributed by atoms with Crippen molar-refractivity contribution in [3.8, 4) is 11.3 Å². The Labute approximate surface area is 133 Å². The van der Waals surface area contributed by atoms with Gasteiger partial charge < -0.3 is 0 Å². The fourth-order valence-corrected chi connectivity index (χ4v) is 3.54. The summed E-state index contributed by atoms with van der Waals surface area (Å²) in [5.74, 6) is 0. The normalized spacial score (nSPS) is 16.6. The lowest BCUT2D eigenvalue weighted by Crippen LogP contribution is -2.08. The lowest BCUT2D eigenvalue weighted by Gasteiger charge is -2.14. The average molecular weight is 347 g/mol. The van der Waals surface area contributed by atoms with E-state index in [2.05, 4.69) is 15.9 Å². The van der Waals surface area contributed by atoms with Gasteiger partial charge in [-0.1, -0.05) is 59.8 Å². The van der Waals surface area contributed by atoms with Crippen molar-refractivity contribution in [3.05, 3.63) is 40.5 Å². The molecule has 0 atom stereocenters. The van der Waals surface area contributed by atoms with Crippen LogP contribution in [0.25, 0.3) is 11.3 Å². The Bertz CT molecular complexity index is 627. The molecule has 21 heavy (non-hydrogen) atoms. The highest BCUT2D eigenvalue weighted by atomic mass is 79.9. The molecular formula is C17H19BrN2O. The Morgan fingerprint density at radius 2 is 1.86 bits per heavy atom. The Morgan fingerprint density at radius 3 is 2.52 bits per heavy atom. The third kappa shape index (κ3) is 3.10. The summed E-state index contributed by atoms with van der Waals surface area (Å²) in [5.41, 5.74) is 2.43. The van der Waals surface area contributed by atoms with Gasteiger partial charge in [0.2, 0.25) is 0 Å². The SMILES string of the molecule is O=Cc1cn(C2CCCCCC2)nc1-c1ccccc1Br. The summed E-state index contributed by atoms with van der Waals surface area (Å²) < 4.78 is 2.99. The maximum absolute atomic E-state index is 11.4. The van der Waals surface area contributed by atoms with Crippen LogP contribution < -0.4 is 0 Å². The van der Waals surface area contributed by atoms with Crippen LogP contribution in [0.3, 0.4) is 0 Å². The van der Waals surface area contributed by atoms with E-state index in [0.29, 0.717) is 11.6 Å². The highest BCUT2D eigenvalue weighted by molar-refractivity contribution is 9.10. The van der Waals surface area contributed by atoms with Crippen molar-refractivity contribution < 1.29 is 4.79 Å². The minimum atomic E-state index is 0.433. The van der Waals surface area contributed by atoms with Crippen molar-refractivity contribution >= 4 is 22.2 Å². The average Bonchev–Trinajstić information content (AvgIpc) is 2.74. The fourth-order valence-electron chi connectivity index (χ4n) is 3.06. The molecule has 0 amide bonds. The van der Waals surface area contributed by atoms with E-state index in [0.717, 1.165) is 34.9 Å². The molecule has 0 bridgehead atoms. The summed E-state index contributed by atoms with van der Waals surface area (Å²) in [6.07, 6.45) is 10.3. The molecule has 0 N–H and O–H groups in total. The van der Waals surface area contributed by atoms with E-state index in [1.165, 1.54) is 25.7 Å². The van der Waals surface area contributed by atoms with Crippen LogP contribution in [0.1, 0.15) is 54.9 Å². The van der Waals surface area contributed by atoms with E-state index in [1.54, 1.807) is 0 Å². The molecule has 1 aromatic heterocycles. The van der Waals surface area contributed by atoms with Crippen molar-refractivity contribution in [1.29, 1.82) is 0 Å². The van der Waals surface area contributed by atoms with Gasteiger partial charge in [0.25, 0.3) is 0 Å². The molecule has 0 spiro atoms. The van der Waals surface area contributed by atoms with Gasteiger partial charge >= 0.3 is 0 Å². The molecule has 3 rings (SSSR count). The smallest absolute Gasteiger partial charge is 0.153 e. The van der Waals surface area contributed by atoms with Gasteiger partial charge in [-0.2, -0.15) is 5.10 Å². The molecule has 110 valence electrons. The Morgan fingerprint density at radius 1 is 1.14 bits per heavy atom. The van der Waals surface area contributed by atoms with Gasteiger partial charge in [-0.05, 0) is 18.9 Å². The maximum Gasteiger partial charge on any atom is 0.153 e. The zero-order valence-electron chi connectivity index (χ0n) is 12.0. The van der Waals surface area contributed by atoms with Gasteiger partial charge in [-0.25, -0.2) is 0 Å². The Balaban J connectivity index is 1.98. The second-order valence-corrected chi connectivity index (χ2v) is 6.51. The second kappa shape index (κ2) is 6.56. The molecule has 1 aliphatic rings. The first-order chi connectivity index (χ1) is 10.3. The molecule has 0 radical (unpaired) electrons. The lowest BCUT2D eigenvalue weighted by molar-refractivity contribution is 0.112. The fraction of sp³-hybridized carbons (Fsp3) is 0.412. The van der Waals surface area contributed by atoms with E-state index in [1.807, 2.05) is 35.1 Å². The number of carbonyl (C=O) groups excluding carboxylic acids is 1. The largest absolute Gasteiger partial charge is 0.298 e. The first-order valence-corrected chi connectivity index (χ1v) is 8.38. The van der Waals surface area contributed by atoms with Gasteiger partial charge in [0.15, 0.2) is 6.29 Å². The lowest BCUT2D eigenvalue weighted by atomic mass is 10.1. The summed E-state index contributed by atoms with van der Waals surface area (Å²) in [6, 6.07) is 8.35. The van der Waals surface area contributed by atoms with E-state index < -0.39 is 0 Å². The van der Waals surface area contributed by atoms with E-state index in [9.17, 15) is 4.79 Å². The summed E-state index contributed by atoms with van der Waals surface area (Å²) in [4.78, 5) is 11.4. The molecule has 1 fully saturated rings. The van der Waals surface area contributed by atoms with Crippen LogP contribution in [-0.2, 0) is 0 Å². The van der Waals surface area contributed by atoms with Crippen LogP contribution in [0, 0.1) is 0 Å². The summed E-state index contributed by atoms with van der Waals surface area (Å²) in [5, 5.41) is 4.73. The summed E-state index contributed by atoms with van der Waals surface area (Å²) >= 11 is 3.55. The molecule has 3 nitrogen and oxygen atoms in total. The topological polar surface area (TPSA) is 34.9 Å². The van der Waals surface area contributed by atoms with Gasteiger partial charge in [-0.15, -0.1) is 0 Å². The third-order valence-electron chi connectivity index (χ3n) is 4.22. The molecule has 1 aromatic carbocycles. The van der Waals surface area contributed by atoms with E-state index in [4.69, 9.17) is 5.10 Å². The standard InChI is InChI=1S/C17H19BrN2O/c18-16-10-6-5-9-15(16)17-13(12-21)11-20(19-17)14-7-3-1-2-4-8-14/h5-6,9-12,14H,1-4,7-8H2. The van der Waals surface area contributed by atoms with E-state index in [-0.39, 0.29) is 0 Å². The first-order valence-electron chi connectivity index (χ1n) is 7.59. The van der Waals surface area contributed by atoms with E-state index >= 15 is 0 Å². The number of carbonyl (C=O) groups is 1. The quantitative estimate of drug-likeness (QED) is 0.577. The van der Waals surface area contributed by atoms with Crippen LogP contribution >= 0.6 is 15.9 Å². The Kier molecular flexibility index (Phi) is 4.54. The predicted octanol–water partition coefficient (Wildman–Crippen LogP) is 5.02. The number of rotatable bonds is 3. The van der Waals surface area contributed by atoms with Gasteiger partial charge in [0.05, 0.1) is 11.6 Å². The summed E-state index contributed by atoms with van der Waals surface area (Å²) in [6.45, 7) is 0. The number of hydrogen-bond donors (Lipinski definition) is 0. The Hall–Kier alpha value is -1.42. The molecule has 1 aliphatic carbocycles. The first kappa shape index (κ1) is 14.5. The van der Waals surface area contributed by atoms with Gasteiger partial charge in [0, 0.05) is 16.2 Å². The second-order valence-electron chi connectivity index (χ2n) is 5.66. The zero-order valence-corrected chi connectivity index (χ0v) is 13.6. The van der Waals surface area contributed by atoms with Crippen LogP contribution in [0.4, 0.5) is 0 Å². The molecule has 0 unspecified atom stereocenters. The van der Waals surface area contributed by atoms with Crippen LogP contribution in [0.2, 0.25) is 0 Å². The van der Waals surface area contributed by atoms with Crippen molar-refractivity contribution in [2.45, 2.75) is 44.6 Å². The highest BCUT2D eigenvalue weighted by Crippen LogP contribution is 2.32. The van der Waals surface area contributed by atoms with Crippen LogP contribution in [-0.4, -0.2) is 16.1 Å². The third-order valence-corrected chi connectivity index (χ3v) is 4.91. The van der Waals surface area contributed by atoms with Gasteiger partial charge in [-0.3, -0.25) is 9.48 Å². The van der Waals surface area contributed by atoms with Crippen molar-refractivity contribution in [1.82, 2.24) is 9.78 Å². The summed E-state index contributed by atoms with van der Waals surface area (Å²) in [7, 11) is 0. The minimum Gasteiger partial charge on any atom is -0.298 e. The highest BCUT2D eigenvalue weighted by Gasteiger charge is 2.19. The number of halogens is 1. The van der Waals surface area contributed by atoms with Crippen LogP contribution in [0.5, 0.6) is 0 Å². The van der Waals surface area contributed by atoms with Crippen molar-refractivity contribution in [2.75, 3.05) is 0 Å². The number of benzene rings is 1. The number of aldehydes is 1. The molecule has 2 aromatic rings. The van der Waals surface area contributed by atoms with Crippen molar-refractivity contribution in [3.63, 3.8) is 0 Å². The molecule has 1 saturated carbocycles. The monoisotopic (exact) mass is 346 g/mol. The maximum atomic E-state index is 11.4.